The van der Waals surface area contributed by atoms with Gasteiger partial charge in [-0.3, -0.25) is 0 Å². The second kappa shape index (κ2) is 4.30. The van der Waals surface area contributed by atoms with E-state index in [4.69, 9.17) is 0 Å². The predicted molar refractivity (Wildman–Crippen MR) is 53.4 cm³/mol. The summed E-state index contributed by atoms with van der Waals surface area (Å²) in [5.74, 6) is -1.05. The lowest BCUT2D eigenvalue weighted by molar-refractivity contribution is -0.254. The normalized spacial score (nSPS) is 18.0. The van der Waals surface area contributed by atoms with Crippen LogP contribution in [0.4, 0.5) is 17.6 Å². The zero-order valence-electron chi connectivity index (χ0n) is 10.0. The van der Waals surface area contributed by atoms with Gasteiger partial charge < -0.3 is 0 Å². The highest BCUT2D eigenvalue weighted by Crippen LogP contribution is 2.47. The van der Waals surface area contributed by atoms with Gasteiger partial charge in [-0.2, -0.15) is 13.2 Å². The molecule has 0 fully saturated rings. The van der Waals surface area contributed by atoms with Crippen molar-refractivity contribution < 1.29 is 17.6 Å². The summed E-state index contributed by atoms with van der Waals surface area (Å²) >= 11 is 0. The Hall–Kier alpha value is -0.280. The van der Waals surface area contributed by atoms with Crippen molar-refractivity contribution in [2.75, 3.05) is 0 Å². The summed E-state index contributed by atoms with van der Waals surface area (Å²) in [5.41, 5.74) is -3.71. The smallest absolute Gasteiger partial charge is 0.234 e. The minimum atomic E-state index is -4.78. The molecule has 92 valence electrons. The lowest BCUT2D eigenvalue weighted by Gasteiger charge is -2.37. The third-order valence-corrected chi connectivity index (χ3v) is 3.08. The summed E-state index contributed by atoms with van der Waals surface area (Å²) in [6.45, 7) is 7.65. The summed E-state index contributed by atoms with van der Waals surface area (Å²) in [6, 6.07) is 0. The van der Waals surface area contributed by atoms with Gasteiger partial charge in [0.05, 0.1) is 0 Å². The van der Waals surface area contributed by atoms with Crippen molar-refractivity contribution in [1.82, 2.24) is 0 Å². The van der Waals surface area contributed by atoms with Crippen molar-refractivity contribution in [2.24, 2.45) is 11.3 Å². The zero-order chi connectivity index (χ0) is 12.5. The predicted octanol–water partition coefficient (Wildman–Crippen LogP) is 4.74. The number of hydrogen-bond acceptors (Lipinski definition) is 0. The maximum Gasteiger partial charge on any atom is 0.422 e. The van der Waals surface area contributed by atoms with Crippen molar-refractivity contribution in [3.8, 4) is 0 Å². The Morgan fingerprint density at radius 2 is 1.40 bits per heavy atom. The maximum atomic E-state index is 14.0. The maximum absolute atomic E-state index is 14.0. The molecular formula is C11H20F4. The van der Waals surface area contributed by atoms with Crippen LogP contribution in [0.3, 0.4) is 0 Å². The fourth-order valence-electron chi connectivity index (χ4n) is 1.45. The van der Waals surface area contributed by atoms with Crippen LogP contribution in [0.25, 0.3) is 0 Å². The highest BCUT2D eigenvalue weighted by atomic mass is 19.4. The van der Waals surface area contributed by atoms with Crippen LogP contribution in [-0.4, -0.2) is 11.8 Å². The van der Waals surface area contributed by atoms with E-state index in [-0.39, 0.29) is 0 Å². The van der Waals surface area contributed by atoms with Gasteiger partial charge in [-0.05, 0) is 17.8 Å². The van der Waals surface area contributed by atoms with Gasteiger partial charge in [-0.1, -0.05) is 41.0 Å². The van der Waals surface area contributed by atoms with Crippen molar-refractivity contribution in [3.05, 3.63) is 0 Å². The molecule has 4 heteroatoms. The molecule has 0 aromatic carbocycles. The third kappa shape index (κ3) is 3.35. The van der Waals surface area contributed by atoms with Crippen LogP contribution in [0, 0.1) is 11.3 Å². The molecule has 0 radical (unpaired) electrons. The van der Waals surface area contributed by atoms with Crippen molar-refractivity contribution >= 4 is 0 Å². The van der Waals surface area contributed by atoms with Crippen LogP contribution in [0.2, 0.25) is 0 Å². The minimum Gasteiger partial charge on any atom is -0.234 e. The standard InChI is InChI=1S/C11H20F4/c1-6-9(4,5)7-10(12,8(2)3)11(13,14)15/h8H,6-7H2,1-5H3. The lowest BCUT2D eigenvalue weighted by Crippen LogP contribution is -2.48. The van der Waals surface area contributed by atoms with Crippen molar-refractivity contribution in [3.63, 3.8) is 0 Å². The Kier molecular flexibility index (Phi) is 4.22. The molecule has 0 aliphatic carbocycles. The van der Waals surface area contributed by atoms with Crippen LogP contribution in [0.15, 0.2) is 0 Å². The molecule has 0 aromatic heterocycles. The average molecular weight is 228 g/mol. The first-order chi connectivity index (χ1) is 6.46. The SMILES string of the molecule is CCC(C)(C)CC(F)(C(C)C)C(F)(F)F. The zero-order valence-corrected chi connectivity index (χ0v) is 10.0. The van der Waals surface area contributed by atoms with Crippen LogP contribution < -0.4 is 0 Å². The number of rotatable bonds is 4. The molecule has 0 amide bonds. The summed E-state index contributed by atoms with van der Waals surface area (Å²) in [4.78, 5) is 0. The molecule has 0 heterocycles. The van der Waals surface area contributed by atoms with E-state index in [1.807, 2.05) is 0 Å². The van der Waals surface area contributed by atoms with E-state index in [0.29, 0.717) is 6.42 Å². The Morgan fingerprint density at radius 1 is 1.00 bits per heavy atom. The van der Waals surface area contributed by atoms with Gasteiger partial charge in [0.1, 0.15) is 0 Å². The molecule has 0 nitrogen and oxygen atoms in total. The van der Waals surface area contributed by atoms with E-state index in [1.54, 1.807) is 20.8 Å². The highest BCUT2D eigenvalue weighted by molar-refractivity contribution is 4.94. The van der Waals surface area contributed by atoms with Crippen LogP contribution >= 0.6 is 0 Å². The van der Waals surface area contributed by atoms with Crippen LogP contribution in [0.5, 0.6) is 0 Å². The van der Waals surface area contributed by atoms with Gasteiger partial charge >= 0.3 is 6.18 Å². The number of alkyl halides is 4. The second-order valence-electron chi connectivity index (χ2n) is 5.21. The summed E-state index contributed by atoms with van der Waals surface area (Å²) < 4.78 is 51.9. The van der Waals surface area contributed by atoms with E-state index < -0.39 is 29.6 Å². The minimum absolute atomic E-state index is 0.475. The van der Waals surface area contributed by atoms with Crippen LogP contribution in [-0.2, 0) is 0 Å². The molecule has 0 aromatic rings. The van der Waals surface area contributed by atoms with E-state index >= 15 is 0 Å². The Bertz CT molecular complexity index is 205. The van der Waals surface area contributed by atoms with Gasteiger partial charge in [0.25, 0.3) is 0 Å². The topological polar surface area (TPSA) is 0 Å². The molecule has 0 N–H and O–H groups in total. The average Bonchev–Trinajstić information content (AvgIpc) is 2.01. The summed E-state index contributed by atoms with van der Waals surface area (Å²) in [7, 11) is 0. The summed E-state index contributed by atoms with van der Waals surface area (Å²) in [5, 5.41) is 0. The quantitative estimate of drug-likeness (QED) is 0.610. The van der Waals surface area contributed by atoms with E-state index in [0.717, 1.165) is 0 Å². The Balaban J connectivity index is 5.00. The third-order valence-electron chi connectivity index (χ3n) is 3.08. The largest absolute Gasteiger partial charge is 0.422 e. The van der Waals surface area contributed by atoms with Gasteiger partial charge in [0, 0.05) is 0 Å². The highest BCUT2D eigenvalue weighted by Gasteiger charge is 2.59. The van der Waals surface area contributed by atoms with Gasteiger partial charge in [-0.25, -0.2) is 4.39 Å². The first-order valence-electron chi connectivity index (χ1n) is 5.22. The molecule has 0 rings (SSSR count). The fourth-order valence-corrected chi connectivity index (χ4v) is 1.45. The molecular weight excluding hydrogens is 208 g/mol. The lowest BCUT2D eigenvalue weighted by atomic mass is 9.74. The van der Waals surface area contributed by atoms with Crippen molar-refractivity contribution in [2.45, 2.75) is 59.3 Å². The second-order valence-corrected chi connectivity index (χ2v) is 5.21. The van der Waals surface area contributed by atoms with E-state index in [9.17, 15) is 17.6 Å². The van der Waals surface area contributed by atoms with E-state index in [1.165, 1.54) is 13.8 Å². The first kappa shape index (κ1) is 14.7. The van der Waals surface area contributed by atoms with Crippen molar-refractivity contribution in [1.29, 1.82) is 0 Å². The Labute approximate surface area is 89.1 Å². The molecule has 0 saturated heterocycles. The molecule has 0 saturated carbocycles. The molecule has 15 heavy (non-hydrogen) atoms. The van der Waals surface area contributed by atoms with E-state index in [2.05, 4.69) is 0 Å². The van der Waals surface area contributed by atoms with Gasteiger partial charge in [0.15, 0.2) is 0 Å². The summed E-state index contributed by atoms with van der Waals surface area (Å²) in [6.07, 6.45) is -4.73. The fraction of sp³-hybridized carbons (Fsp3) is 1.00. The molecule has 1 atom stereocenters. The molecule has 0 spiro atoms. The monoisotopic (exact) mass is 228 g/mol. The molecule has 1 unspecified atom stereocenters. The molecule has 0 aliphatic heterocycles. The van der Waals surface area contributed by atoms with Gasteiger partial charge in [-0.15, -0.1) is 0 Å². The van der Waals surface area contributed by atoms with Gasteiger partial charge in [0.2, 0.25) is 5.67 Å². The van der Waals surface area contributed by atoms with Crippen LogP contribution in [0.1, 0.15) is 47.5 Å². The molecule has 0 aliphatic rings. The number of halogens is 4. The first-order valence-corrected chi connectivity index (χ1v) is 5.22. The molecule has 0 bridgehead atoms. The number of hydrogen-bond donors (Lipinski definition) is 0. The Morgan fingerprint density at radius 3 is 1.60 bits per heavy atom.